The molecular formula is C25H30FN3O5. The minimum atomic E-state index is -0.456. The van der Waals surface area contributed by atoms with Gasteiger partial charge in [-0.25, -0.2) is 4.79 Å². The molecule has 2 heterocycles. The third kappa shape index (κ3) is 5.25. The van der Waals surface area contributed by atoms with E-state index in [1.165, 1.54) is 7.11 Å². The summed E-state index contributed by atoms with van der Waals surface area (Å²) in [6.45, 7) is 6.83. The Kier molecular flexibility index (Phi) is 7.52. The molecular weight excluding hydrogens is 441 g/mol. The minimum absolute atomic E-state index is 0.192. The molecule has 1 aliphatic heterocycles. The maximum atomic E-state index is 14.5. The predicted octanol–water partition coefficient (Wildman–Crippen LogP) is 4.63. The first-order chi connectivity index (χ1) is 16.5. The van der Waals surface area contributed by atoms with Crippen molar-refractivity contribution in [2.45, 2.75) is 39.3 Å². The van der Waals surface area contributed by atoms with E-state index in [0.29, 0.717) is 42.4 Å². The summed E-state index contributed by atoms with van der Waals surface area (Å²) in [6, 6.07) is 9.30. The monoisotopic (exact) mass is 471 g/mol. The summed E-state index contributed by atoms with van der Waals surface area (Å²) in [7, 11) is 1.34. The molecule has 34 heavy (non-hydrogen) atoms. The number of rotatable bonds is 9. The zero-order valence-corrected chi connectivity index (χ0v) is 19.7. The van der Waals surface area contributed by atoms with Crippen molar-refractivity contribution in [3.8, 4) is 11.5 Å². The molecule has 1 aliphatic rings. The summed E-state index contributed by atoms with van der Waals surface area (Å²) < 4.78 is 36.1. The van der Waals surface area contributed by atoms with Crippen LogP contribution in [0.25, 0.3) is 11.1 Å². The van der Waals surface area contributed by atoms with Gasteiger partial charge in [0.15, 0.2) is 17.1 Å². The van der Waals surface area contributed by atoms with Gasteiger partial charge in [0, 0.05) is 25.7 Å². The van der Waals surface area contributed by atoms with Gasteiger partial charge in [-0.15, -0.1) is 0 Å². The molecule has 0 unspecified atom stereocenters. The molecule has 182 valence electrons. The Bertz CT molecular complexity index is 1110. The van der Waals surface area contributed by atoms with Gasteiger partial charge in [0.1, 0.15) is 11.1 Å². The number of fused-ring (bicyclic) bond motifs is 1. The average Bonchev–Trinajstić information content (AvgIpc) is 3.25. The van der Waals surface area contributed by atoms with E-state index in [1.807, 2.05) is 13.8 Å². The fourth-order valence-corrected chi connectivity index (χ4v) is 4.19. The standard InChI is InChI=1S/C25H30FN3O5/c1-4-32-20-13-16(14-21(22(20)26)33-5-2)15-29-11-9-17(10-12-29)27-25-28-19-8-6-7-18(23(19)34-25)24(30)31-3/h6-8,13-14,17H,4-5,9-12,15H2,1-3H3,(H,27,28). The van der Waals surface area contributed by atoms with E-state index in [9.17, 15) is 9.18 Å². The molecule has 3 aromatic rings. The molecule has 0 bridgehead atoms. The van der Waals surface area contributed by atoms with Crippen LogP contribution >= 0.6 is 0 Å². The highest BCUT2D eigenvalue weighted by Gasteiger charge is 2.23. The highest BCUT2D eigenvalue weighted by molar-refractivity contribution is 6.01. The van der Waals surface area contributed by atoms with E-state index in [0.717, 1.165) is 31.5 Å². The first kappa shape index (κ1) is 23.8. The third-order valence-corrected chi connectivity index (χ3v) is 5.81. The van der Waals surface area contributed by atoms with Crippen molar-refractivity contribution in [2.75, 3.05) is 38.7 Å². The Hall–Kier alpha value is -3.33. The van der Waals surface area contributed by atoms with Gasteiger partial charge in [-0.05, 0) is 56.5 Å². The normalized spacial score (nSPS) is 14.8. The van der Waals surface area contributed by atoms with Crippen LogP contribution in [-0.2, 0) is 11.3 Å². The van der Waals surface area contributed by atoms with E-state index in [4.69, 9.17) is 18.6 Å². The van der Waals surface area contributed by atoms with Gasteiger partial charge in [0.05, 0.1) is 20.3 Å². The molecule has 1 aromatic heterocycles. The molecule has 0 saturated carbocycles. The summed E-state index contributed by atoms with van der Waals surface area (Å²) in [4.78, 5) is 18.8. The Balaban J connectivity index is 1.38. The maximum Gasteiger partial charge on any atom is 0.341 e. The van der Waals surface area contributed by atoms with Gasteiger partial charge in [0.2, 0.25) is 5.82 Å². The van der Waals surface area contributed by atoms with Crippen LogP contribution < -0.4 is 14.8 Å². The number of methoxy groups -OCH3 is 1. The number of carbonyl (C=O) groups is 1. The first-order valence-corrected chi connectivity index (χ1v) is 11.6. The number of hydrogen-bond donors (Lipinski definition) is 1. The van der Waals surface area contributed by atoms with Crippen LogP contribution in [0.1, 0.15) is 42.6 Å². The van der Waals surface area contributed by atoms with Crippen molar-refractivity contribution in [3.05, 3.63) is 47.3 Å². The number of hydrogen-bond acceptors (Lipinski definition) is 8. The minimum Gasteiger partial charge on any atom is -0.491 e. The van der Waals surface area contributed by atoms with Gasteiger partial charge in [-0.1, -0.05) is 6.07 Å². The summed E-state index contributed by atoms with van der Waals surface area (Å²) >= 11 is 0. The molecule has 0 spiro atoms. The number of para-hydroxylation sites is 1. The number of benzene rings is 2. The molecule has 1 N–H and O–H groups in total. The highest BCUT2D eigenvalue weighted by atomic mass is 19.1. The molecule has 0 aliphatic carbocycles. The van der Waals surface area contributed by atoms with Crippen molar-refractivity contribution >= 4 is 23.1 Å². The third-order valence-electron chi connectivity index (χ3n) is 5.81. The van der Waals surface area contributed by atoms with E-state index in [1.54, 1.807) is 30.3 Å². The number of esters is 1. The van der Waals surface area contributed by atoms with Crippen LogP contribution in [0.4, 0.5) is 10.4 Å². The van der Waals surface area contributed by atoms with Crippen LogP contribution in [0.2, 0.25) is 0 Å². The predicted molar refractivity (Wildman–Crippen MR) is 126 cm³/mol. The zero-order valence-electron chi connectivity index (χ0n) is 19.7. The SMILES string of the molecule is CCOc1cc(CN2CCC(Nc3nc4cccc(C(=O)OC)c4o3)CC2)cc(OCC)c1F. The number of aromatic nitrogens is 1. The van der Waals surface area contributed by atoms with Crippen molar-refractivity contribution in [2.24, 2.45) is 0 Å². The zero-order chi connectivity index (χ0) is 24.1. The Labute approximate surface area is 198 Å². The number of halogens is 1. The van der Waals surface area contributed by atoms with Crippen molar-refractivity contribution in [1.29, 1.82) is 0 Å². The smallest absolute Gasteiger partial charge is 0.341 e. The quantitative estimate of drug-likeness (QED) is 0.452. The molecule has 0 amide bonds. The van der Waals surface area contributed by atoms with Gasteiger partial charge in [-0.3, -0.25) is 4.90 Å². The number of piperidine rings is 1. The summed E-state index contributed by atoms with van der Waals surface area (Å²) in [5.74, 6) is -0.462. The lowest BCUT2D eigenvalue weighted by atomic mass is 10.0. The number of nitrogens with one attached hydrogen (secondary N) is 1. The van der Waals surface area contributed by atoms with E-state index < -0.39 is 11.8 Å². The number of likely N-dealkylation sites (tertiary alicyclic amines) is 1. The summed E-state index contributed by atoms with van der Waals surface area (Å²) in [6.07, 6.45) is 1.78. The number of ether oxygens (including phenoxy) is 3. The number of nitrogens with zero attached hydrogens (tertiary/aromatic N) is 2. The highest BCUT2D eigenvalue weighted by Crippen LogP contribution is 2.30. The second-order valence-corrected chi connectivity index (χ2v) is 8.13. The fraction of sp³-hybridized carbons (Fsp3) is 0.440. The second-order valence-electron chi connectivity index (χ2n) is 8.13. The van der Waals surface area contributed by atoms with Crippen LogP contribution in [-0.4, -0.2) is 55.3 Å². The molecule has 0 atom stereocenters. The molecule has 1 saturated heterocycles. The molecule has 9 heteroatoms. The van der Waals surface area contributed by atoms with Crippen LogP contribution in [0.5, 0.6) is 11.5 Å². The number of oxazole rings is 1. The maximum absolute atomic E-state index is 14.5. The van der Waals surface area contributed by atoms with Gasteiger partial charge < -0.3 is 23.9 Å². The summed E-state index contributed by atoms with van der Waals surface area (Å²) in [5.41, 5.74) is 2.33. The van der Waals surface area contributed by atoms with Crippen LogP contribution in [0.3, 0.4) is 0 Å². The van der Waals surface area contributed by atoms with Gasteiger partial charge in [-0.2, -0.15) is 9.37 Å². The largest absolute Gasteiger partial charge is 0.491 e. The number of carbonyl (C=O) groups excluding carboxylic acids is 1. The summed E-state index contributed by atoms with van der Waals surface area (Å²) in [5, 5.41) is 3.35. The van der Waals surface area contributed by atoms with Gasteiger partial charge >= 0.3 is 5.97 Å². The van der Waals surface area contributed by atoms with Crippen molar-refractivity contribution in [3.63, 3.8) is 0 Å². The van der Waals surface area contributed by atoms with Crippen LogP contribution in [0, 0.1) is 5.82 Å². The Morgan fingerprint density at radius 3 is 2.47 bits per heavy atom. The van der Waals surface area contributed by atoms with E-state index in [2.05, 4.69) is 15.2 Å². The molecule has 8 nitrogen and oxygen atoms in total. The van der Waals surface area contributed by atoms with Crippen molar-refractivity contribution < 1.29 is 27.8 Å². The molecule has 1 fully saturated rings. The average molecular weight is 472 g/mol. The van der Waals surface area contributed by atoms with E-state index in [-0.39, 0.29) is 17.5 Å². The number of anilines is 1. The lowest BCUT2D eigenvalue weighted by Gasteiger charge is -2.32. The Morgan fingerprint density at radius 1 is 1.18 bits per heavy atom. The molecule has 0 radical (unpaired) electrons. The second kappa shape index (κ2) is 10.7. The lowest BCUT2D eigenvalue weighted by Crippen LogP contribution is -2.38. The Morgan fingerprint density at radius 2 is 1.85 bits per heavy atom. The lowest BCUT2D eigenvalue weighted by molar-refractivity contribution is 0.0602. The molecule has 2 aromatic carbocycles. The fourth-order valence-electron chi connectivity index (χ4n) is 4.19. The van der Waals surface area contributed by atoms with E-state index >= 15 is 0 Å². The van der Waals surface area contributed by atoms with Crippen molar-refractivity contribution in [1.82, 2.24) is 9.88 Å². The molecule has 4 rings (SSSR count). The van der Waals surface area contributed by atoms with Gasteiger partial charge in [0.25, 0.3) is 6.01 Å². The first-order valence-electron chi connectivity index (χ1n) is 11.6. The topological polar surface area (TPSA) is 86.1 Å². The van der Waals surface area contributed by atoms with Crippen LogP contribution in [0.15, 0.2) is 34.7 Å².